The highest BCUT2D eigenvalue weighted by Crippen LogP contribution is 2.42. The zero-order valence-electron chi connectivity index (χ0n) is 15.8. The quantitative estimate of drug-likeness (QED) is 0.807. The highest BCUT2D eigenvalue weighted by atomic mass is 16.5. The summed E-state index contributed by atoms with van der Waals surface area (Å²) in [5, 5.41) is 16.5. The molecule has 2 fully saturated rings. The van der Waals surface area contributed by atoms with Crippen molar-refractivity contribution in [3.05, 3.63) is 47.8 Å². The summed E-state index contributed by atoms with van der Waals surface area (Å²) < 4.78 is 7.56. The van der Waals surface area contributed by atoms with E-state index in [1.165, 1.54) is 6.07 Å². The molecule has 8 nitrogen and oxygen atoms in total. The van der Waals surface area contributed by atoms with Crippen LogP contribution in [0.15, 0.2) is 36.5 Å². The van der Waals surface area contributed by atoms with Gasteiger partial charge in [-0.25, -0.2) is 0 Å². The molecule has 1 spiro atoms. The van der Waals surface area contributed by atoms with Gasteiger partial charge in [0.2, 0.25) is 0 Å². The molecule has 1 atom stereocenters. The molecular weight excluding hydrogens is 360 g/mol. The van der Waals surface area contributed by atoms with Gasteiger partial charge in [-0.2, -0.15) is 5.10 Å². The van der Waals surface area contributed by atoms with Crippen LogP contribution >= 0.6 is 0 Å². The van der Waals surface area contributed by atoms with Gasteiger partial charge in [0.05, 0.1) is 13.1 Å². The van der Waals surface area contributed by atoms with Gasteiger partial charge in [0.25, 0.3) is 11.8 Å². The number of phenols is 1. The second-order valence-electron chi connectivity index (χ2n) is 7.50. The van der Waals surface area contributed by atoms with E-state index in [0.717, 1.165) is 12.8 Å². The van der Waals surface area contributed by atoms with Crippen LogP contribution in [0.5, 0.6) is 5.75 Å². The standard InChI is InChI=1S/C20H24N4O4/c1-23-17(6-9-22-23)18(26)21-8-5-15-7-10-28-20(15)12-24(13-20)19(27)14-3-2-4-16(25)11-14/h2-4,6,9,11,15,25H,5,7-8,10,12-13H2,1H3,(H,21,26)/t15-/m1/s1. The van der Waals surface area contributed by atoms with Crippen LogP contribution in [0, 0.1) is 5.92 Å². The van der Waals surface area contributed by atoms with Crippen molar-refractivity contribution in [1.82, 2.24) is 20.0 Å². The van der Waals surface area contributed by atoms with Crippen molar-refractivity contribution >= 4 is 11.8 Å². The molecule has 0 bridgehead atoms. The second kappa shape index (κ2) is 7.27. The maximum Gasteiger partial charge on any atom is 0.269 e. The predicted octanol–water partition coefficient (Wildman–Crippen LogP) is 1.18. The molecule has 148 valence electrons. The summed E-state index contributed by atoms with van der Waals surface area (Å²) >= 11 is 0. The van der Waals surface area contributed by atoms with Crippen LogP contribution in [0.3, 0.4) is 0 Å². The van der Waals surface area contributed by atoms with Gasteiger partial charge in [-0.3, -0.25) is 14.3 Å². The van der Waals surface area contributed by atoms with E-state index in [0.29, 0.717) is 43.4 Å². The zero-order valence-corrected chi connectivity index (χ0v) is 15.8. The summed E-state index contributed by atoms with van der Waals surface area (Å²) in [6, 6.07) is 8.08. The Morgan fingerprint density at radius 1 is 1.36 bits per heavy atom. The fraction of sp³-hybridized carbons (Fsp3) is 0.450. The summed E-state index contributed by atoms with van der Waals surface area (Å²) in [6.45, 7) is 2.32. The topological polar surface area (TPSA) is 96.7 Å². The van der Waals surface area contributed by atoms with Gasteiger partial charge >= 0.3 is 0 Å². The molecule has 0 radical (unpaired) electrons. The Balaban J connectivity index is 1.30. The fourth-order valence-electron chi connectivity index (χ4n) is 4.15. The zero-order chi connectivity index (χ0) is 19.7. The first-order valence-corrected chi connectivity index (χ1v) is 9.47. The van der Waals surface area contributed by atoms with E-state index in [4.69, 9.17) is 4.74 Å². The Hall–Kier alpha value is -2.87. The average molecular weight is 384 g/mol. The maximum atomic E-state index is 12.6. The molecule has 2 aliphatic rings. The van der Waals surface area contributed by atoms with E-state index in [1.54, 1.807) is 47.1 Å². The third-order valence-electron chi connectivity index (χ3n) is 5.73. The summed E-state index contributed by atoms with van der Waals surface area (Å²) in [4.78, 5) is 26.5. The van der Waals surface area contributed by atoms with Crippen LogP contribution < -0.4 is 5.32 Å². The molecule has 2 saturated heterocycles. The number of nitrogens with one attached hydrogen (secondary N) is 1. The molecule has 2 amide bonds. The summed E-state index contributed by atoms with van der Waals surface area (Å²) in [6.07, 6.45) is 3.33. The van der Waals surface area contributed by atoms with Crippen molar-refractivity contribution in [2.24, 2.45) is 13.0 Å². The highest BCUT2D eigenvalue weighted by molar-refractivity contribution is 5.95. The van der Waals surface area contributed by atoms with Crippen molar-refractivity contribution in [2.75, 3.05) is 26.2 Å². The molecule has 0 aliphatic carbocycles. The lowest BCUT2D eigenvalue weighted by atomic mass is 9.78. The average Bonchev–Trinajstić information content (AvgIpc) is 3.26. The summed E-state index contributed by atoms with van der Waals surface area (Å²) in [5.41, 5.74) is 0.695. The molecule has 2 aromatic rings. The van der Waals surface area contributed by atoms with Crippen LogP contribution in [-0.4, -0.2) is 63.4 Å². The lowest BCUT2D eigenvalue weighted by Crippen LogP contribution is -2.66. The van der Waals surface area contributed by atoms with E-state index in [9.17, 15) is 14.7 Å². The van der Waals surface area contributed by atoms with Crippen molar-refractivity contribution in [3.8, 4) is 5.75 Å². The van der Waals surface area contributed by atoms with Crippen molar-refractivity contribution in [3.63, 3.8) is 0 Å². The van der Waals surface area contributed by atoms with Gasteiger partial charge in [-0.05, 0) is 43.0 Å². The number of hydrogen-bond donors (Lipinski definition) is 2. The van der Waals surface area contributed by atoms with Gasteiger partial charge < -0.3 is 20.1 Å². The summed E-state index contributed by atoms with van der Waals surface area (Å²) in [7, 11) is 1.74. The van der Waals surface area contributed by atoms with Crippen LogP contribution in [0.2, 0.25) is 0 Å². The van der Waals surface area contributed by atoms with E-state index >= 15 is 0 Å². The van der Waals surface area contributed by atoms with Gasteiger partial charge in [0, 0.05) is 32.0 Å². The molecule has 1 aromatic carbocycles. The largest absolute Gasteiger partial charge is 0.508 e. The molecule has 28 heavy (non-hydrogen) atoms. The Kier molecular flexibility index (Phi) is 4.80. The number of amides is 2. The second-order valence-corrected chi connectivity index (χ2v) is 7.50. The molecule has 2 N–H and O–H groups in total. The molecule has 8 heteroatoms. The molecule has 0 unspecified atom stereocenters. The third-order valence-corrected chi connectivity index (χ3v) is 5.73. The monoisotopic (exact) mass is 384 g/mol. The minimum Gasteiger partial charge on any atom is -0.508 e. The number of aryl methyl sites for hydroxylation is 1. The molecule has 4 rings (SSSR count). The minimum absolute atomic E-state index is 0.0836. The van der Waals surface area contributed by atoms with Crippen molar-refractivity contribution in [1.29, 1.82) is 0 Å². The van der Waals surface area contributed by atoms with Crippen LogP contribution in [0.1, 0.15) is 33.7 Å². The number of ether oxygens (including phenoxy) is 1. The molecule has 2 aliphatic heterocycles. The lowest BCUT2D eigenvalue weighted by Gasteiger charge is -2.50. The fourth-order valence-corrected chi connectivity index (χ4v) is 4.15. The van der Waals surface area contributed by atoms with Crippen molar-refractivity contribution in [2.45, 2.75) is 18.4 Å². The number of aromatic hydroxyl groups is 1. The molecule has 3 heterocycles. The number of phenolic OH excluding ortho intramolecular Hbond substituents is 1. The van der Waals surface area contributed by atoms with Crippen LogP contribution in [0.25, 0.3) is 0 Å². The lowest BCUT2D eigenvalue weighted by molar-refractivity contribution is -0.117. The van der Waals surface area contributed by atoms with E-state index in [2.05, 4.69) is 10.4 Å². The Morgan fingerprint density at radius 3 is 2.89 bits per heavy atom. The minimum atomic E-state index is -0.316. The summed E-state index contributed by atoms with van der Waals surface area (Å²) in [5.74, 6) is 0.148. The first-order valence-electron chi connectivity index (χ1n) is 9.47. The predicted molar refractivity (Wildman–Crippen MR) is 101 cm³/mol. The number of nitrogens with zero attached hydrogens (tertiary/aromatic N) is 3. The number of carbonyl (C=O) groups is 2. The molecule has 0 saturated carbocycles. The van der Waals surface area contributed by atoms with Crippen LogP contribution in [-0.2, 0) is 11.8 Å². The van der Waals surface area contributed by atoms with Gasteiger partial charge in [-0.1, -0.05) is 6.07 Å². The first-order chi connectivity index (χ1) is 13.5. The number of aromatic nitrogens is 2. The Bertz CT molecular complexity index is 888. The molecule has 1 aromatic heterocycles. The third kappa shape index (κ3) is 3.35. The highest BCUT2D eigenvalue weighted by Gasteiger charge is 2.54. The normalized spacial score (nSPS) is 20.2. The van der Waals surface area contributed by atoms with E-state index in [1.807, 2.05) is 0 Å². The van der Waals surface area contributed by atoms with Gasteiger partial charge in [-0.15, -0.1) is 0 Å². The first kappa shape index (κ1) is 18.5. The number of likely N-dealkylation sites (tertiary alicyclic amines) is 1. The SMILES string of the molecule is Cn1nccc1C(=O)NCC[C@@H]1CCOC12CN(C(=O)c1cccc(O)c1)C2. The molecular formula is C20H24N4O4. The number of rotatable bonds is 5. The van der Waals surface area contributed by atoms with Gasteiger partial charge in [0.1, 0.15) is 17.0 Å². The number of hydrogen-bond acceptors (Lipinski definition) is 5. The Morgan fingerprint density at radius 2 is 2.18 bits per heavy atom. The van der Waals surface area contributed by atoms with Crippen LogP contribution in [0.4, 0.5) is 0 Å². The smallest absolute Gasteiger partial charge is 0.269 e. The van der Waals surface area contributed by atoms with Crippen molar-refractivity contribution < 1.29 is 19.4 Å². The van der Waals surface area contributed by atoms with Gasteiger partial charge in [0.15, 0.2) is 0 Å². The number of benzene rings is 1. The maximum absolute atomic E-state index is 12.6. The van der Waals surface area contributed by atoms with E-state index in [-0.39, 0.29) is 23.2 Å². The Labute approximate surface area is 163 Å². The number of carbonyl (C=O) groups excluding carboxylic acids is 2. The van der Waals surface area contributed by atoms with E-state index < -0.39 is 0 Å².